The Balaban J connectivity index is 1.95. The van der Waals surface area contributed by atoms with E-state index in [1.54, 1.807) is 6.92 Å². The number of carbonyl (C=O) groups is 1. The Kier molecular flexibility index (Phi) is 4.73. The molecule has 2 heterocycles. The Labute approximate surface area is 121 Å². The monoisotopic (exact) mass is 297 g/mol. The van der Waals surface area contributed by atoms with Crippen LogP contribution in [0.3, 0.4) is 0 Å². The highest BCUT2D eigenvalue weighted by molar-refractivity contribution is 6.06. The highest BCUT2D eigenvalue weighted by Crippen LogP contribution is 2.31. The summed E-state index contributed by atoms with van der Waals surface area (Å²) in [6.45, 7) is 2.84. The van der Waals surface area contributed by atoms with Crippen molar-refractivity contribution in [2.45, 2.75) is 26.2 Å². The fourth-order valence-electron chi connectivity index (χ4n) is 2.31. The molecule has 2 rings (SSSR count). The third-order valence-electron chi connectivity index (χ3n) is 3.58. The van der Waals surface area contributed by atoms with Gasteiger partial charge in [-0.05, 0) is 12.8 Å². The van der Waals surface area contributed by atoms with E-state index in [4.69, 9.17) is 20.2 Å². The van der Waals surface area contributed by atoms with Crippen LogP contribution in [-0.2, 0) is 16.0 Å². The summed E-state index contributed by atoms with van der Waals surface area (Å²) in [4.78, 5) is 16.5. The van der Waals surface area contributed by atoms with Crippen molar-refractivity contribution >= 4 is 11.7 Å². The first-order chi connectivity index (χ1) is 10.1. The van der Waals surface area contributed by atoms with Gasteiger partial charge < -0.3 is 25.5 Å². The van der Waals surface area contributed by atoms with Crippen LogP contribution >= 0.6 is 0 Å². The molecular weight excluding hydrogens is 278 g/mol. The number of amidine groups is 1. The second-order valence-electron chi connectivity index (χ2n) is 4.92. The number of nitrogens with one attached hydrogen (secondary N) is 1. The SMILES string of the molecule is Cc1nc(CCNC(=O)C2(C(N)=NO)CCOCC2)no1. The predicted octanol–water partition coefficient (Wildman–Crippen LogP) is -0.420. The van der Waals surface area contributed by atoms with Crippen molar-refractivity contribution in [1.82, 2.24) is 15.5 Å². The molecule has 0 atom stereocenters. The minimum Gasteiger partial charge on any atom is -0.409 e. The quantitative estimate of drug-likeness (QED) is 0.290. The number of nitrogens with two attached hydrogens (primary N) is 1. The largest absolute Gasteiger partial charge is 0.409 e. The fraction of sp³-hybridized carbons (Fsp3) is 0.667. The smallest absolute Gasteiger partial charge is 0.234 e. The molecule has 0 unspecified atom stereocenters. The average molecular weight is 297 g/mol. The summed E-state index contributed by atoms with van der Waals surface area (Å²) < 4.78 is 10.1. The second kappa shape index (κ2) is 6.53. The maximum atomic E-state index is 12.4. The molecule has 116 valence electrons. The zero-order valence-corrected chi connectivity index (χ0v) is 11.8. The Bertz CT molecular complexity index is 521. The van der Waals surface area contributed by atoms with Gasteiger partial charge in [-0.1, -0.05) is 10.3 Å². The molecule has 0 saturated carbocycles. The molecule has 1 aliphatic rings. The second-order valence-corrected chi connectivity index (χ2v) is 4.92. The van der Waals surface area contributed by atoms with Crippen LogP contribution in [0.15, 0.2) is 9.68 Å². The van der Waals surface area contributed by atoms with E-state index in [2.05, 4.69) is 20.6 Å². The molecule has 9 nitrogen and oxygen atoms in total. The first kappa shape index (κ1) is 15.2. The van der Waals surface area contributed by atoms with Gasteiger partial charge in [-0.25, -0.2) is 0 Å². The van der Waals surface area contributed by atoms with Crippen LogP contribution in [0, 0.1) is 12.3 Å². The number of oxime groups is 1. The van der Waals surface area contributed by atoms with Crippen molar-refractivity contribution in [1.29, 1.82) is 0 Å². The van der Waals surface area contributed by atoms with Crippen LogP contribution in [0.5, 0.6) is 0 Å². The Morgan fingerprint density at radius 1 is 1.52 bits per heavy atom. The first-order valence-electron chi connectivity index (χ1n) is 6.72. The molecule has 4 N–H and O–H groups in total. The molecule has 0 aromatic carbocycles. The molecule has 1 aliphatic heterocycles. The van der Waals surface area contributed by atoms with E-state index in [1.807, 2.05) is 0 Å². The van der Waals surface area contributed by atoms with Crippen LogP contribution < -0.4 is 11.1 Å². The lowest BCUT2D eigenvalue weighted by Gasteiger charge is -2.34. The van der Waals surface area contributed by atoms with Gasteiger partial charge in [-0.2, -0.15) is 4.98 Å². The third-order valence-corrected chi connectivity index (χ3v) is 3.58. The number of rotatable bonds is 5. The number of hydrogen-bond acceptors (Lipinski definition) is 7. The molecule has 0 radical (unpaired) electrons. The lowest BCUT2D eigenvalue weighted by atomic mass is 9.78. The number of aromatic nitrogens is 2. The highest BCUT2D eigenvalue weighted by Gasteiger charge is 2.44. The fourth-order valence-corrected chi connectivity index (χ4v) is 2.31. The van der Waals surface area contributed by atoms with E-state index in [0.717, 1.165) is 0 Å². The minimum atomic E-state index is -1.01. The minimum absolute atomic E-state index is 0.0845. The maximum Gasteiger partial charge on any atom is 0.234 e. The molecule has 1 fully saturated rings. The summed E-state index contributed by atoms with van der Waals surface area (Å²) in [6, 6.07) is 0. The predicted molar refractivity (Wildman–Crippen MR) is 71.6 cm³/mol. The van der Waals surface area contributed by atoms with Crippen LogP contribution in [0.2, 0.25) is 0 Å². The van der Waals surface area contributed by atoms with Gasteiger partial charge in [0.1, 0.15) is 5.41 Å². The van der Waals surface area contributed by atoms with Crippen molar-refractivity contribution in [2.24, 2.45) is 16.3 Å². The van der Waals surface area contributed by atoms with E-state index in [9.17, 15) is 4.79 Å². The molecule has 9 heteroatoms. The Hall–Kier alpha value is -2.16. The summed E-state index contributed by atoms with van der Waals surface area (Å²) in [5, 5.41) is 18.5. The van der Waals surface area contributed by atoms with Crippen molar-refractivity contribution in [3.05, 3.63) is 11.7 Å². The van der Waals surface area contributed by atoms with Gasteiger partial charge in [0, 0.05) is 33.1 Å². The Morgan fingerprint density at radius 3 is 2.81 bits per heavy atom. The van der Waals surface area contributed by atoms with Crippen molar-refractivity contribution in [3.63, 3.8) is 0 Å². The molecule has 1 saturated heterocycles. The molecule has 1 amide bonds. The Morgan fingerprint density at radius 2 is 2.24 bits per heavy atom. The van der Waals surface area contributed by atoms with Crippen LogP contribution in [0.1, 0.15) is 24.6 Å². The van der Waals surface area contributed by atoms with Gasteiger partial charge in [-0.3, -0.25) is 4.79 Å². The van der Waals surface area contributed by atoms with Crippen molar-refractivity contribution in [3.8, 4) is 0 Å². The van der Waals surface area contributed by atoms with Gasteiger partial charge in [0.25, 0.3) is 0 Å². The lowest BCUT2D eigenvalue weighted by Crippen LogP contribution is -2.53. The third kappa shape index (κ3) is 3.30. The zero-order valence-electron chi connectivity index (χ0n) is 11.8. The molecule has 0 aliphatic carbocycles. The van der Waals surface area contributed by atoms with Crippen molar-refractivity contribution < 1.29 is 19.3 Å². The summed E-state index contributed by atoms with van der Waals surface area (Å²) in [5.74, 6) is 0.645. The number of hydrogen-bond donors (Lipinski definition) is 3. The molecular formula is C12H19N5O4. The van der Waals surface area contributed by atoms with E-state index in [-0.39, 0.29) is 11.7 Å². The highest BCUT2D eigenvalue weighted by atomic mass is 16.5. The lowest BCUT2D eigenvalue weighted by molar-refractivity contribution is -0.131. The topological polar surface area (TPSA) is 136 Å². The molecule has 0 spiro atoms. The number of aryl methyl sites for hydroxylation is 1. The van der Waals surface area contributed by atoms with E-state index < -0.39 is 5.41 Å². The molecule has 1 aromatic heterocycles. The standard InChI is InChI=1S/C12H19N5O4/c1-8-15-9(17-21-8)2-5-14-11(18)12(10(13)16-19)3-6-20-7-4-12/h19H,2-7H2,1H3,(H2,13,16)(H,14,18). The van der Waals surface area contributed by atoms with Crippen molar-refractivity contribution in [2.75, 3.05) is 19.8 Å². The van der Waals surface area contributed by atoms with E-state index in [1.165, 1.54) is 0 Å². The zero-order chi connectivity index (χ0) is 15.3. The summed E-state index contributed by atoms with van der Waals surface area (Å²) in [6.07, 6.45) is 1.22. The van der Waals surface area contributed by atoms with Crippen LogP contribution in [0.25, 0.3) is 0 Å². The van der Waals surface area contributed by atoms with Gasteiger partial charge in [-0.15, -0.1) is 0 Å². The molecule has 0 bridgehead atoms. The summed E-state index contributed by atoms with van der Waals surface area (Å²) in [7, 11) is 0. The average Bonchev–Trinajstić information content (AvgIpc) is 2.92. The number of ether oxygens (including phenoxy) is 1. The van der Waals surface area contributed by atoms with Gasteiger partial charge in [0.2, 0.25) is 11.8 Å². The number of carbonyl (C=O) groups excluding carboxylic acids is 1. The molecule has 21 heavy (non-hydrogen) atoms. The summed E-state index contributed by atoms with van der Waals surface area (Å²) >= 11 is 0. The number of amides is 1. The van der Waals surface area contributed by atoms with E-state index >= 15 is 0 Å². The van der Waals surface area contributed by atoms with E-state index in [0.29, 0.717) is 50.7 Å². The first-order valence-corrected chi connectivity index (χ1v) is 6.72. The van der Waals surface area contributed by atoms with Crippen LogP contribution in [0.4, 0.5) is 0 Å². The number of nitrogens with zero attached hydrogens (tertiary/aromatic N) is 3. The summed E-state index contributed by atoms with van der Waals surface area (Å²) in [5.41, 5.74) is 4.70. The molecule has 1 aromatic rings. The van der Waals surface area contributed by atoms with Crippen LogP contribution in [-0.4, -0.2) is 46.8 Å². The normalized spacial score (nSPS) is 18.4. The maximum absolute atomic E-state index is 12.4. The van der Waals surface area contributed by atoms with Gasteiger partial charge in [0.15, 0.2) is 11.7 Å². The van der Waals surface area contributed by atoms with Gasteiger partial charge in [0.05, 0.1) is 0 Å². The van der Waals surface area contributed by atoms with Gasteiger partial charge >= 0.3 is 0 Å².